The number of ether oxygens (including phenoxy) is 2. The maximum absolute atomic E-state index is 13.5. The summed E-state index contributed by atoms with van der Waals surface area (Å²) >= 11 is 5.73. The number of carbonyl (C=O) groups excluding carboxylic acids is 2. The molecule has 4 rings (SSSR count). The van der Waals surface area contributed by atoms with Crippen LogP contribution >= 0.6 is 12.2 Å². The number of thiocarbonyl (C=S) groups is 1. The minimum atomic E-state index is -0.702. The molecule has 0 bridgehead atoms. The molecule has 8 heteroatoms. The van der Waals surface area contributed by atoms with Crippen molar-refractivity contribution in [1.29, 1.82) is 0 Å². The molecular formula is C27H27N3O4S. The Morgan fingerprint density at radius 3 is 2.34 bits per heavy atom. The summed E-state index contributed by atoms with van der Waals surface area (Å²) in [4.78, 5) is 29.8. The van der Waals surface area contributed by atoms with Gasteiger partial charge in [-0.15, -0.1) is 0 Å². The summed E-state index contributed by atoms with van der Waals surface area (Å²) in [6.45, 7) is 0.488. The number of para-hydroxylation sites is 1. The van der Waals surface area contributed by atoms with E-state index < -0.39 is 6.04 Å². The highest BCUT2D eigenvalue weighted by atomic mass is 32.1. The van der Waals surface area contributed by atoms with Crippen LogP contribution < -0.4 is 19.7 Å². The van der Waals surface area contributed by atoms with E-state index in [1.807, 2.05) is 59.5 Å². The Balaban J connectivity index is 1.53. The quantitative estimate of drug-likeness (QED) is 0.453. The van der Waals surface area contributed by atoms with Crippen molar-refractivity contribution in [2.75, 3.05) is 31.0 Å². The van der Waals surface area contributed by atoms with Crippen LogP contribution in [0.25, 0.3) is 0 Å². The highest BCUT2D eigenvalue weighted by molar-refractivity contribution is 7.80. The zero-order valence-corrected chi connectivity index (χ0v) is 20.5. The highest BCUT2D eigenvalue weighted by Gasteiger charge is 2.43. The molecule has 0 aliphatic carbocycles. The molecule has 1 aliphatic rings. The van der Waals surface area contributed by atoms with Crippen molar-refractivity contribution >= 4 is 40.5 Å². The number of hydrogen-bond donors (Lipinski definition) is 1. The average Bonchev–Trinajstić information content (AvgIpc) is 3.12. The van der Waals surface area contributed by atoms with Gasteiger partial charge in [0.2, 0.25) is 5.91 Å². The predicted molar refractivity (Wildman–Crippen MR) is 140 cm³/mol. The van der Waals surface area contributed by atoms with Crippen molar-refractivity contribution in [3.8, 4) is 11.5 Å². The zero-order chi connectivity index (χ0) is 24.8. The first-order valence-corrected chi connectivity index (χ1v) is 11.7. The summed E-state index contributed by atoms with van der Waals surface area (Å²) in [5.74, 6) is 0.986. The number of amides is 2. The molecule has 3 aromatic carbocycles. The van der Waals surface area contributed by atoms with Crippen molar-refractivity contribution in [2.45, 2.75) is 18.9 Å². The van der Waals surface area contributed by atoms with Crippen molar-refractivity contribution in [1.82, 2.24) is 4.90 Å². The molecule has 0 radical (unpaired) electrons. The Morgan fingerprint density at radius 1 is 0.943 bits per heavy atom. The summed E-state index contributed by atoms with van der Waals surface area (Å²) in [5.41, 5.74) is 2.37. The second-order valence-corrected chi connectivity index (χ2v) is 8.45. The van der Waals surface area contributed by atoms with Crippen molar-refractivity contribution in [2.24, 2.45) is 0 Å². The predicted octanol–water partition coefficient (Wildman–Crippen LogP) is 4.28. The molecule has 7 nitrogen and oxygen atoms in total. The van der Waals surface area contributed by atoms with E-state index in [2.05, 4.69) is 5.32 Å². The fourth-order valence-corrected chi connectivity index (χ4v) is 4.46. The molecule has 2 amide bonds. The third-order valence-corrected chi connectivity index (χ3v) is 6.28. The molecule has 0 spiro atoms. The minimum absolute atomic E-state index is 0.0214. The van der Waals surface area contributed by atoms with E-state index in [0.717, 1.165) is 11.3 Å². The van der Waals surface area contributed by atoms with Crippen LogP contribution in [0.4, 0.5) is 11.4 Å². The van der Waals surface area contributed by atoms with Crippen molar-refractivity contribution < 1.29 is 19.1 Å². The second-order valence-electron chi connectivity index (χ2n) is 8.08. The Labute approximate surface area is 210 Å². The lowest BCUT2D eigenvalue weighted by atomic mass is 10.1. The molecule has 1 atom stereocenters. The first-order chi connectivity index (χ1) is 17.0. The smallest absolute Gasteiger partial charge is 0.256 e. The molecule has 1 aliphatic heterocycles. The Kier molecular flexibility index (Phi) is 7.62. The van der Waals surface area contributed by atoms with Crippen LogP contribution in [0.15, 0.2) is 78.9 Å². The number of nitrogens with one attached hydrogen (secondary N) is 1. The summed E-state index contributed by atoms with van der Waals surface area (Å²) in [5, 5.41) is 3.26. The molecule has 180 valence electrons. The monoisotopic (exact) mass is 489 g/mol. The largest absolute Gasteiger partial charge is 0.497 e. The van der Waals surface area contributed by atoms with E-state index in [1.165, 1.54) is 4.90 Å². The van der Waals surface area contributed by atoms with Gasteiger partial charge in [-0.1, -0.05) is 30.3 Å². The van der Waals surface area contributed by atoms with E-state index in [1.54, 1.807) is 38.5 Å². The zero-order valence-electron chi connectivity index (χ0n) is 19.6. The van der Waals surface area contributed by atoms with Crippen LogP contribution in [0.3, 0.4) is 0 Å². The number of rotatable bonds is 9. The number of nitrogens with zero attached hydrogens (tertiary/aromatic N) is 2. The summed E-state index contributed by atoms with van der Waals surface area (Å²) in [6, 6.07) is 23.4. The molecule has 0 saturated carbocycles. The van der Waals surface area contributed by atoms with Crippen LogP contribution in [-0.2, 0) is 16.0 Å². The van der Waals surface area contributed by atoms with Gasteiger partial charge in [-0.25, -0.2) is 0 Å². The molecule has 0 aromatic heterocycles. The van der Waals surface area contributed by atoms with Gasteiger partial charge in [-0.2, -0.15) is 0 Å². The standard InChI is InChI=1S/C27H27N3O4S/c1-33-22-13-11-20(12-14-22)28-25(31)18-24-26(32)30(21-8-4-3-5-9-21)27(35)29(24)16-15-19-7-6-10-23(17-19)34-2/h3-14,17,24H,15-16,18H2,1-2H3,(H,28,31)/t24-/m1/s1. The fraction of sp³-hybridized carbons (Fsp3) is 0.222. The van der Waals surface area contributed by atoms with E-state index in [9.17, 15) is 9.59 Å². The highest BCUT2D eigenvalue weighted by Crippen LogP contribution is 2.28. The number of methoxy groups -OCH3 is 2. The maximum Gasteiger partial charge on any atom is 0.256 e. The average molecular weight is 490 g/mol. The molecule has 1 heterocycles. The number of benzene rings is 3. The van der Waals surface area contributed by atoms with Gasteiger partial charge in [0.25, 0.3) is 5.91 Å². The normalized spacial score (nSPS) is 15.3. The summed E-state index contributed by atoms with van der Waals surface area (Å²) in [7, 11) is 3.21. The third-order valence-electron chi connectivity index (χ3n) is 5.86. The topological polar surface area (TPSA) is 71.1 Å². The first-order valence-electron chi connectivity index (χ1n) is 11.3. The Bertz CT molecular complexity index is 1200. The second kappa shape index (κ2) is 11.0. The Morgan fingerprint density at radius 2 is 1.66 bits per heavy atom. The number of hydrogen-bond acceptors (Lipinski definition) is 5. The van der Waals surface area contributed by atoms with E-state index in [0.29, 0.717) is 35.2 Å². The summed E-state index contributed by atoms with van der Waals surface area (Å²) in [6.07, 6.45) is 0.621. The number of carbonyl (C=O) groups is 2. The first kappa shape index (κ1) is 24.2. The lowest BCUT2D eigenvalue weighted by Crippen LogP contribution is -2.39. The molecular weight excluding hydrogens is 462 g/mol. The van der Waals surface area contributed by atoms with E-state index >= 15 is 0 Å². The Hall–Kier alpha value is -3.91. The van der Waals surface area contributed by atoms with Crippen LogP contribution in [0.5, 0.6) is 11.5 Å². The van der Waals surface area contributed by atoms with Crippen molar-refractivity contribution in [3.63, 3.8) is 0 Å². The molecule has 35 heavy (non-hydrogen) atoms. The van der Waals surface area contributed by atoms with Crippen LogP contribution in [0.1, 0.15) is 12.0 Å². The molecule has 1 N–H and O–H groups in total. The molecule has 0 unspecified atom stereocenters. The summed E-state index contributed by atoms with van der Waals surface area (Å²) < 4.78 is 10.5. The van der Waals surface area contributed by atoms with E-state index in [-0.39, 0.29) is 18.2 Å². The number of anilines is 2. The maximum atomic E-state index is 13.5. The van der Waals surface area contributed by atoms with Gasteiger partial charge >= 0.3 is 0 Å². The van der Waals surface area contributed by atoms with Crippen LogP contribution in [0.2, 0.25) is 0 Å². The van der Waals surface area contributed by atoms with Crippen molar-refractivity contribution in [3.05, 3.63) is 84.4 Å². The van der Waals surface area contributed by atoms with Gasteiger partial charge in [0.15, 0.2) is 5.11 Å². The SMILES string of the molecule is COc1ccc(NC(=O)C[C@@H]2C(=O)N(c3ccccc3)C(=S)N2CCc2cccc(OC)c2)cc1. The van der Waals surface area contributed by atoms with Gasteiger partial charge in [0.1, 0.15) is 17.5 Å². The molecule has 1 saturated heterocycles. The van der Waals surface area contributed by atoms with Gasteiger partial charge in [-0.05, 0) is 72.7 Å². The molecule has 1 fully saturated rings. The van der Waals surface area contributed by atoms with Crippen LogP contribution in [0, 0.1) is 0 Å². The van der Waals surface area contributed by atoms with Gasteiger partial charge in [-0.3, -0.25) is 14.5 Å². The van der Waals surface area contributed by atoms with Crippen LogP contribution in [-0.4, -0.2) is 48.6 Å². The van der Waals surface area contributed by atoms with Gasteiger partial charge < -0.3 is 19.7 Å². The van der Waals surface area contributed by atoms with Gasteiger partial charge in [0.05, 0.1) is 26.3 Å². The molecule has 3 aromatic rings. The fourth-order valence-electron chi connectivity index (χ4n) is 4.04. The lowest BCUT2D eigenvalue weighted by Gasteiger charge is -2.24. The third kappa shape index (κ3) is 5.60. The minimum Gasteiger partial charge on any atom is -0.497 e. The van der Waals surface area contributed by atoms with E-state index in [4.69, 9.17) is 21.7 Å². The lowest BCUT2D eigenvalue weighted by molar-refractivity contribution is -0.124. The van der Waals surface area contributed by atoms with Gasteiger partial charge in [0, 0.05) is 12.2 Å².